The Labute approximate surface area is 126 Å². The Morgan fingerprint density at radius 2 is 2.24 bits per heavy atom. The third kappa shape index (κ3) is 3.61. The quantitative estimate of drug-likeness (QED) is 0.898. The molecule has 0 radical (unpaired) electrons. The van der Waals surface area contributed by atoms with Crippen LogP contribution in [0.2, 0.25) is 0 Å². The molecule has 2 atom stereocenters. The molecule has 1 saturated heterocycles. The Morgan fingerprint density at radius 1 is 1.48 bits per heavy atom. The van der Waals surface area contributed by atoms with Gasteiger partial charge in [0.2, 0.25) is 5.91 Å². The first-order valence-electron chi connectivity index (χ1n) is 7.82. The number of carbonyl (C=O) groups excluding carboxylic acids is 1. The number of rotatable bonds is 5. The van der Waals surface area contributed by atoms with E-state index in [2.05, 4.69) is 36.3 Å². The van der Waals surface area contributed by atoms with Gasteiger partial charge >= 0.3 is 0 Å². The Bertz CT molecular complexity index is 484. The van der Waals surface area contributed by atoms with E-state index in [1.165, 1.54) is 0 Å². The van der Waals surface area contributed by atoms with Gasteiger partial charge in [-0.3, -0.25) is 4.79 Å². The Hall–Kier alpha value is -1.43. The summed E-state index contributed by atoms with van der Waals surface area (Å²) in [6.07, 6.45) is 2.78. The van der Waals surface area contributed by atoms with E-state index < -0.39 is 0 Å². The highest BCUT2D eigenvalue weighted by Crippen LogP contribution is 2.23. The summed E-state index contributed by atoms with van der Waals surface area (Å²) in [5, 5.41) is 11.3. The van der Waals surface area contributed by atoms with Crippen molar-refractivity contribution < 1.29 is 9.53 Å². The molecule has 1 aromatic rings. The molecular formula is C15H26N4O2. The number of ether oxygens (including phenoxy) is 1. The molecule has 1 aliphatic rings. The predicted molar refractivity (Wildman–Crippen MR) is 79.7 cm³/mol. The van der Waals surface area contributed by atoms with Crippen LogP contribution in [0.15, 0.2) is 0 Å². The van der Waals surface area contributed by atoms with E-state index in [9.17, 15) is 4.79 Å². The lowest BCUT2D eigenvalue weighted by Gasteiger charge is -2.30. The summed E-state index contributed by atoms with van der Waals surface area (Å²) < 4.78 is 7.64. The minimum atomic E-state index is -0.0402. The molecule has 0 spiro atoms. The first kappa shape index (κ1) is 15.9. The Balaban J connectivity index is 1.94. The van der Waals surface area contributed by atoms with Gasteiger partial charge in [-0.1, -0.05) is 20.8 Å². The summed E-state index contributed by atoms with van der Waals surface area (Å²) in [5.41, 5.74) is 0. The van der Waals surface area contributed by atoms with Crippen molar-refractivity contribution in [2.24, 2.45) is 13.0 Å². The lowest BCUT2D eigenvalue weighted by atomic mass is 9.92. The van der Waals surface area contributed by atoms with E-state index in [0.29, 0.717) is 12.5 Å². The highest BCUT2D eigenvalue weighted by atomic mass is 16.5. The molecule has 0 bridgehead atoms. The number of hydrogen-bond acceptors (Lipinski definition) is 4. The molecule has 1 N–H and O–H groups in total. The fraction of sp³-hybridized carbons (Fsp3) is 0.800. The molecule has 1 aromatic heterocycles. The molecule has 21 heavy (non-hydrogen) atoms. The van der Waals surface area contributed by atoms with Gasteiger partial charge in [-0.25, -0.2) is 0 Å². The van der Waals surface area contributed by atoms with E-state index in [0.717, 1.165) is 37.5 Å². The maximum Gasteiger partial charge on any atom is 0.226 e. The summed E-state index contributed by atoms with van der Waals surface area (Å²) in [6, 6.07) is 0. The molecule has 0 aromatic carbocycles. The molecule has 1 fully saturated rings. The van der Waals surface area contributed by atoms with Gasteiger partial charge in [-0.2, -0.15) is 0 Å². The lowest BCUT2D eigenvalue weighted by molar-refractivity contribution is -0.134. The maximum absolute atomic E-state index is 12.3. The lowest BCUT2D eigenvalue weighted by Crippen LogP contribution is -2.41. The average molecular weight is 294 g/mol. The predicted octanol–water partition coefficient (Wildman–Crippen LogP) is 1.76. The maximum atomic E-state index is 12.3. The SMILES string of the molecule is CC[C@H]1OCCC[C@H]1C(=O)NCc1nnc(C(C)C)n1C. The van der Waals surface area contributed by atoms with E-state index in [1.54, 1.807) is 0 Å². The number of aromatic nitrogens is 3. The van der Waals surface area contributed by atoms with Crippen LogP contribution in [0, 0.1) is 5.92 Å². The zero-order valence-electron chi connectivity index (χ0n) is 13.4. The second-order valence-electron chi connectivity index (χ2n) is 5.97. The molecule has 6 heteroatoms. The standard InChI is InChI=1S/C15H26N4O2/c1-5-12-11(7-6-8-21-12)15(20)16-9-13-17-18-14(10(2)3)19(13)4/h10-12H,5-9H2,1-4H3,(H,16,20)/t11-,12-/m1/s1. The van der Waals surface area contributed by atoms with Crippen molar-refractivity contribution in [3.8, 4) is 0 Å². The number of carbonyl (C=O) groups is 1. The van der Waals surface area contributed by atoms with Crippen LogP contribution in [-0.4, -0.2) is 33.4 Å². The summed E-state index contributed by atoms with van der Waals surface area (Å²) in [5.74, 6) is 2.07. The summed E-state index contributed by atoms with van der Waals surface area (Å²) in [7, 11) is 1.94. The van der Waals surface area contributed by atoms with Crippen molar-refractivity contribution in [3.63, 3.8) is 0 Å². The second-order valence-corrected chi connectivity index (χ2v) is 5.97. The van der Waals surface area contributed by atoms with Crippen molar-refractivity contribution in [2.45, 2.75) is 58.6 Å². The molecule has 2 heterocycles. The molecule has 0 unspecified atom stereocenters. The van der Waals surface area contributed by atoms with Gasteiger partial charge in [0.05, 0.1) is 18.6 Å². The first-order valence-corrected chi connectivity index (χ1v) is 7.82. The first-order chi connectivity index (χ1) is 10.0. The van der Waals surface area contributed by atoms with Crippen molar-refractivity contribution >= 4 is 5.91 Å². The fourth-order valence-electron chi connectivity index (χ4n) is 2.87. The largest absolute Gasteiger partial charge is 0.377 e. The van der Waals surface area contributed by atoms with E-state index in [4.69, 9.17) is 4.74 Å². The molecule has 118 valence electrons. The molecule has 0 aliphatic carbocycles. The molecule has 1 amide bonds. The van der Waals surface area contributed by atoms with Crippen molar-refractivity contribution in [2.75, 3.05) is 6.61 Å². The summed E-state index contributed by atoms with van der Waals surface area (Å²) in [6.45, 7) is 7.41. The monoisotopic (exact) mass is 294 g/mol. The minimum Gasteiger partial charge on any atom is -0.377 e. The zero-order valence-corrected chi connectivity index (χ0v) is 13.4. The van der Waals surface area contributed by atoms with E-state index in [-0.39, 0.29) is 17.9 Å². The molecule has 6 nitrogen and oxygen atoms in total. The third-order valence-electron chi connectivity index (χ3n) is 4.12. The van der Waals surface area contributed by atoms with E-state index in [1.807, 2.05) is 11.6 Å². The minimum absolute atomic E-state index is 0.0402. The van der Waals surface area contributed by atoms with E-state index >= 15 is 0 Å². The van der Waals surface area contributed by atoms with Crippen LogP contribution in [0.1, 0.15) is 57.6 Å². The van der Waals surface area contributed by atoms with Crippen LogP contribution < -0.4 is 5.32 Å². The normalized spacial score (nSPS) is 22.5. The summed E-state index contributed by atoms with van der Waals surface area (Å²) in [4.78, 5) is 12.3. The van der Waals surface area contributed by atoms with Crippen molar-refractivity contribution in [3.05, 3.63) is 11.6 Å². The highest BCUT2D eigenvalue weighted by Gasteiger charge is 2.30. The van der Waals surface area contributed by atoms with Crippen LogP contribution in [0.4, 0.5) is 0 Å². The molecular weight excluding hydrogens is 268 g/mol. The Morgan fingerprint density at radius 3 is 2.86 bits per heavy atom. The van der Waals surface area contributed by atoms with Gasteiger partial charge < -0.3 is 14.6 Å². The summed E-state index contributed by atoms with van der Waals surface area (Å²) >= 11 is 0. The smallest absolute Gasteiger partial charge is 0.226 e. The van der Waals surface area contributed by atoms with Gasteiger partial charge in [0.1, 0.15) is 5.82 Å². The number of nitrogens with one attached hydrogen (secondary N) is 1. The average Bonchev–Trinajstić information content (AvgIpc) is 2.86. The zero-order chi connectivity index (χ0) is 15.4. The molecule has 1 aliphatic heterocycles. The fourth-order valence-corrected chi connectivity index (χ4v) is 2.87. The van der Waals surface area contributed by atoms with Crippen molar-refractivity contribution in [1.29, 1.82) is 0 Å². The van der Waals surface area contributed by atoms with Crippen molar-refractivity contribution in [1.82, 2.24) is 20.1 Å². The van der Waals surface area contributed by atoms with Crippen LogP contribution in [0.25, 0.3) is 0 Å². The van der Waals surface area contributed by atoms with Gasteiger partial charge in [0, 0.05) is 19.6 Å². The van der Waals surface area contributed by atoms with Gasteiger partial charge in [0.25, 0.3) is 0 Å². The van der Waals surface area contributed by atoms with Gasteiger partial charge in [0.15, 0.2) is 5.82 Å². The topological polar surface area (TPSA) is 69.0 Å². The molecule has 0 saturated carbocycles. The van der Waals surface area contributed by atoms with Crippen LogP contribution in [0.3, 0.4) is 0 Å². The molecule has 2 rings (SSSR count). The highest BCUT2D eigenvalue weighted by molar-refractivity contribution is 5.79. The Kier molecular flexibility index (Phi) is 5.33. The number of hydrogen-bond donors (Lipinski definition) is 1. The van der Waals surface area contributed by atoms with Crippen LogP contribution >= 0.6 is 0 Å². The van der Waals surface area contributed by atoms with Crippen LogP contribution in [0.5, 0.6) is 0 Å². The van der Waals surface area contributed by atoms with Gasteiger partial charge in [-0.05, 0) is 19.3 Å². The number of nitrogens with zero attached hydrogens (tertiary/aromatic N) is 3. The number of amides is 1. The van der Waals surface area contributed by atoms with Crippen LogP contribution in [-0.2, 0) is 23.1 Å². The van der Waals surface area contributed by atoms with Gasteiger partial charge in [-0.15, -0.1) is 10.2 Å². The second kappa shape index (κ2) is 7.02. The third-order valence-corrected chi connectivity index (χ3v) is 4.12.